The van der Waals surface area contributed by atoms with Crippen LogP contribution in [0.2, 0.25) is 5.02 Å². The lowest BCUT2D eigenvalue weighted by Gasteiger charge is -2.30. The number of carbonyl (C=O) groups excluding carboxylic acids is 2. The van der Waals surface area contributed by atoms with E-state index < -0.39 is 0 Å². The molecule has 0 unspecified atom stereocenters. The van der Waals surface area contributed by atoms with Gasteiger partial charge in [-0.25, -0.2) is 4.98 Å². The molecule has 7 nitrogen and oxygen atoms in total. The summed E-state index contributed by atoms with van der Waals surface area (Å²) in [6.07, 6.45) is 3.28. The number of halogens is 1. The van der Waals surface area contributed by atoms with Crippen molar-refractivity contribution >= 4 is 45.8 Å². The highest BCUT2D eigenvalue weighted by Crippen LogP contribution is 2.40. The van der Waals surface area contributed by atoms with Crippen LogP contribution in [0, 0.1) is 6.92 Å². The highest BCUT2D eigenvalue weighted by atomic mass is 35.5. The maximum Gasteiger partial charge on any atom is 0.256 e. The van der Waals surface area contributed by atoms with Gasteiger partial charge in [0.25, 0.3) is 5.91 Å². The second kappa shape index (κ2) is 8.75. The van der Waals surface area contributed by atoms with E-state index in [4.69, 9.17) is 16.6 Å². The Hall–Kier alpha value is -3.71. The highest BCUT2D eigenvalue weighted by Gasteiger charge is 2.29. The zero-order valence-corrected chi connectivity index (χ0v) is 21.0. The molecule has 1 aliphatic heterocycles. The number of carbonyl (C=O) groups is 2. The summed E-state index contributed by atoms with van der Waals surface area (Å²) in [5.41, 5.74) is 6.72. The van der Waals surface area contributed by atoms with Crippen LogP contribution in [0.15, 0.2) is 48.5 Å². The maximum atomic E-state index is 13.5. The van der Waals surface area contributed by atoms with Crippen molar-refractivity contribution in [2.75, 3.05) is 10.2 Å². The number of rotatable bonds is 5. The molecule has 1 N–H and O–H groups in total. The molecule has 6 rings (SSSR count). The smallest absolute Gasteiger partial charge is 0.256 e. The number of aryl methyl sites for hydroxylation is 3. The third-order valence-corrected chi connectivity index (χ3v) is 7.27. The van der Waals surface area contributed by atoms with Crippen molar-refractivity contribution in [1.29, 1.82) is 0 Å². The number of fused-ring (bicyclic) bond motifs is 2. The van der Waals surface area contributed by atoms with E-state index in [0.717, 1.165) is 52.1 Å². The van der Waals surface area contributed by atoms with Gasteiger partial charge in [0.05, 0.1) is 23.2 Å². The van der Waals surface area contributed by atoms with Crippen molar-refractivity contribution in [2.45, 2.75) is 45.1 Å². The van der Waals surface area contributed by atoms with Crippen molar-refractivity contribution in [2.24, 2.45) is 7.05 Å². The van der Waals surface area contributed by atoms with Gasteiger partial charge < -0.3 is 10.2 Å². The summed E-state index contributed by atoms with van der Waals surface area (Å²) >= 11 is 6.01. The standard InChI is InChI=1S/C28H26ClN5O2/c1-16-26-22(14-23(18-5-6-18)31-27(26)33(2)32-16)28(36)30-21-10-11-24-19(13-21)7-12-25(35)34(24)15-17-3-8-20(29)9-4-17/h3-4,8-11,13-14,18H,5-7,12,15H2,1-2H3,(H,30,36). The fourth-order valence-electron chi connectivity index (χ4n) is 5.01. The van der Waals surface area contributed by atoms with E-state index in [-0.39, 0.29) is 11.8 Å². The number of hydrogen-bond donors (Lipinski definition) is 1. The van der Waals surface area contributed by atoms with Gasteiger partial charge in [-0.3, -0.25) is 14.3 Å². The van der Waals surface area contributed by atoms with E-state index in [0.29, 0.717) is 41.6 Å². The molecule has 2 aromatic carbocycles. The first-order chi connectivity index (χ1) is 17.4. The van der Waals surface area contributed by atoms with Gasteiger partial charge in [0.15, 0.2) is 5.65 Å². The lowest BCUT2D eigenvalue weighted by molar-refractivity contribution is -0.119. The molecule has 3 heterocycles. The van der Waals surface area contributed by atoms with Crippen LogP contribution in [0.1, 0.15) is 58.1 Å². The lowest BCUT2D eigenvalue weighted by atomic mass is 9.99. The first-order valence-electron chi connectivity index (χ1n) is 12.2. The normalized spacial score (nSPS) is 15.3. The van der Waals surface area contributed by atoms with Gasteiger partial charge in [0.1, 0.15) is 0 Å². The summed E-state index contributed by atoms with van der Waals surface area (Å²) in [6, 6.07) is 15.2. The van der Waals surface area contributed by atoms with Gasteiger partial charge in [-0.05, 0) is 73.7 Å². The van der Waals surface area contributed by atoms with Gasteiger partial charge >= 0.3 is 0 Å². The molecular weight excluding hydrogens is 474 g/mol. The van der Waals surface area contributed by atoms with Crippen molar-refractivity contribution in [3.8, 4) is 0 Å². The molecule has 0 bridgehead atoms. The van der Waals surface area contributed by atoms with Gasteiger partial charge in [-0.15, -0.1) is 0 Å². The van der Waals surface area contributed by atoms with Gasteiger partial charge in [-0.2, -0.15) is 5.10 Å². The van der Waals surface area contributed by atoms with Crippen LogP contribution in [0.4, 0.5) is 11.4 Å². The minimum Gasteiger partial charge on any atom is -0.322 e. The molecule has 1 fully saturated rings. The van der Waals surface area contributed by atoms with Crippen molar-refractivity contribution in [3.05, 3.63) is 81.6 Å². The molecule has 2 aliphatic rings. The van der Waals surface area contributed by atoms with Crippen molar-refractivity contribution in [1.82, 2.24) is 14.8 Å². The van der Waals surface area contributed by atoms with Crippen LogP contribution >= 0.6 is 11.6 Å². The average molecular weight is 500 g/mol. The second-order valence-electron chi connectivity index (χ2n) is 9.68. The molecule has 36 heavy (non-hydrogen) atoms. The quantitative estimate of drug-likeness (QED) is 0.391. The SMILES string of the molecule is Cc1nn(C)c2nc(C3CC3)cc(C(=O)Nc3ccc4c(c3)CCC(=O)N4Cc3ccc(Cl)cc3)c12. The van der Waals surface area contributed by atoms with E-state index in [2.05, 4.69) is 10.4 Å². The predicted molar refractivity (Wildman–Crippen MR) is 141 cm³/mol. The Morgan fingerprint density at radius 1 is 1.11 bits per heavy atom. The Labute approximate surface area is 214 Å². The van der Waals surface area contributed by atoms with Crippen molar-refractivity contribution < 1.29 is 9.59 Å². The molecule has 0 spiro atoms. The van der Waals surface area contributed by atoms with E-state index in [1.165, 1.54) is 0 Å². The number of aromatic nitrogens is 3. The lowest BCUT2D eigenvalue weighted by Crippen LogP contribution is -2.34. The topological polar surface area (TPSA) is 80.1 Å². The largest absolute Gasteiger partial charge is 0.322 e. The Morgan fingerprint density at radius 3 is 2.64 bits per heavy atom. The molecule has 4 aromatic rings. The van der Waals surface area contributed by atoms with E-state index in [1.807, 2.05) is 62.5 Å². The summed E-state index contributed by atoms with van der Waals surface area (Å²) in [6.45, 7) is 2.39. The average Bonchev–Trinajstić information content (AvgIpc) is 3.67. The fraction of sp³-hybridized carbons (Fsp3) is 0.286. The first-order valence-corrected chi connectivity index (χ1v) is 12.6. The number of hydrogen-bond acceptors (Lipinski definition) is 4. The highest BCUT2D eigenvalue weighted by molar-refractivity contribution is 6.30. The number of pyridine rings is 1. The molecule has 8 heteroatoms. The first kappa shape index (κ1) is 22.7. The summed E-state index contributed by atoms with van der Waals surface area (Å²) in [5, 5.41) is 9.04. The Morgan fingerprint density at radius 2 is 1.89 bits per heavy atom. The van der Waals surface area contributed by atoms with E-state index in [9.17, 15) is 9.59 Å². The third-order valence-electron chi connectivity index (χ3n) is 7.02. The molecule has 182 valence electrons. The number of amides is 2. The molecule has 0 atom stereocenters. The summed E-state index contributed by atoms with van der Waals surface area (Å²) in [5.74, 6) is 0.336. The minimum atomic E-state index is -0.176. The number of benzene rings is 2. The summed E-state index contributed by atoms with van der Waals surface area (Å²) in [7, 11) is 1.86. The minimum absolute atomic E-state index is 0.0908. The monoisotopic (exact) mass is 499 g/mol. The zero-order valence-electron chi connectivity index (χ0n) is 20.2. The Balaban J connectivity index is 1.29. The second-order valence-corrected chi connectivity index (χ2v) is 10.1. The molecule has 1 saturated carbocycles. The molecule has 2 amide bonds. The Kier molecular flexibility index (Phi) is 5.52. The molecule has 0 saturated heterocycles. The van der Waals surface area contributed by atoms with Crippen LogP contribution in [-0.2, 0) is 24.8 Å². The molecular formula is C28H26ClN5O2. The molecule has 0 radical (unpaired) electrons. The van der Waals surface area contributed by atoms with Crippen LogP contribution in [0.25, 0.3) is 11.0 Å². The Bertz CT molecular complexity index is 1520. The van der Waals surface area contributed by atoms with Gasteiger partial charge in [-0.1, -0.05) is 23.7 Å². The zero-order chi connectivity index (χ0) is 25.0. The predicted octanol–water partition coefficient (Wildman–Crippen LogP) is 5.54. The van der Waals surface area contributed by atoms with Gasteiger partial charge in [0.2, 0.25) is 5.91 Å². The fourth-order valence-corrected chi connectivity index (χ4v) is 5.14. The number of nitrogens with one attached hydrogen (secondary N) is 1. The summed E-state index contributed by atoms with van der Waals surface area (Å²) < 4.78 is 1.75. The van der Waals surface area contributed by atoms with Crippen molar-refractivity contribution in [3.63, 3.8) is 0 Å². The molecule has 2 aromatic heterocycles. The number of nitrogens with zero attached hydrogens (tertiary/aromatic N) is 4. The maximum absolute atomic E-state index is 13.5. The van der Waals surface area contributed by atoms with Crippen LogP contribution in [0.3, 0.4) is 0 Å². The van der Waals surface area contributed by atoms with Gasteiger partial charge in [0, 0.05) is 41.5 Å². The number of anilines is 2. The molecule has 1 aliphatic carbocycles. The van der Waals surface area contributed by atoms with Crippen LogP contribution < -0.4 is 10.2 Å². The van der Waals surface area contributed by atoms with Crippen LogP contribution in [0.5, 0.6) is 0 Å². The van der Waals surface area contributed by atoms with E-state index in [1.54, 1.807) is 9.58 Å². The third kappa shape index (κ3) is 4.13. The summed E-state index contributed by atoms with van der Waals surface area (Å²) in [4.78, 5) is 32.8. The van der Waals surface area contributed by atoms with E-state index >= 15 is 0 Å². The van der Waals surface area contributed by atoms with Crippen LogP contribution in [-0.4, -0.2) is 26.6 Å².